The molecule has 0 rings (SSSR count). The van der Waals surface area contributed by atoms with Gasteiger partial charge in [0.05, 0.1) is 0 Å². The van der Waals surface area contributed by atoms with Gasteiger partial charge in [-0.3, -0.25) is 4.79 Å². The predicted octanol–water partition coefficient (Wildman–Crippen LogP) is 0.0437. The molecule has 0 heterocycles. The summed E-state index contributed by atoms with van der Waals surface area (Å²) < 4.78 is 0. The SMILES string of the molecule is CCC(N)=O.N. The Labute approximate surface area is 37.1 Å². The second kappa shape index (κ2) is 4.43. The van der Waals surface area contributed by atoms with Crippen molar-refractivity contribution in [3.8, 4) is 0 Å². The fraction of sp³-hybridized carbons (Fsp3) is 0.667. The molecule has 0 aromatic carbocycles. The maximum atomic E-state index is 9.59. The van der Waals surface area contributed by atoms with E-state index in [1.807, 2.05) is 0 Å². The van der Waals surface area contributed by atoms with Gasteiger partial charge in [0.1, 0.15) is 0 Å². The van der Waals surface area contributed by atoms with Gasteiger partial charge in [0.2, 0.25) is 5.91 Å². The molecule has 1 amide bonds. The van der Waals surface area contributed by atoms with Gasteiger partial charge >= 0.3 is 0 Å². The van der Waals surface area contributed by atoms with E-state index in [1.54, 1.807) is 6.92 Å². The van der Waals surface area contributed by atoms with Gasteiger partial charge < -0.3 is 11.9 Å². The Morgan fingerprint density at radius 3 is 2.00 bits per heavy atom. The number of rotatable bonds is 1. The first kappa shape index (κ1) is 9.06. The van der Waals surface area contributed by atoms with E-state index in [0.29, 0.717) is 6.42 Å². The summed E-state index contributed by atoms with van der Waals surface area (Å²) >= 11 is 0. The normalized spacial score (nSPS) is 6.17. The minimum absolute atomic E-state index is 0. The summed E-state index contributed by atoms with van der Waals surface area (Å²) in [5, 5.41) is 0. The van der Waals surface area contributed by atoms with Crippen LogP contribution in [-0.4, -0.2) is 5.91 Å². The van der Waals surface area contributed by atoms with Gasteiger partial charge in [0.15, 0.2) is 0 Å². The summed E-state index contributed by atoms with van der Waals surface area (Å²) in [7, 11) is 0. The second-order valence-corrected chi connectivity index (χ2v) is 0.820. The predicted molar refractivity (Wildman–Crippen MR) is 24.5 cm³/mol. The summed E-state index contributed by atoms with van der Waals surface area (Å²) in [5.74, 6) is -0.245. The zero-order chi connectivity index (χ0) is 4.28. The molecule has 0 aliphatic heterocycles. The highest BCUT2D eigenvalue weighted by molar-refractivity contribution is 5.73. The third-order valence-electron chi connectivity index (χ3n) is 0.348. The number of carbonyl (C=O) groups excluding carboxylic acids is 1. The van der Waals surface area contributed by atoms with Crippen LogP contribution in [0.4, 0.5) is 0 Å². The van der Waals surface area contributed by atoms with Gasteiger partial charge in [-0.05, 0) is 0 Å². The molecule has 0 aromatic heterocycles. The van der Waals surface area contributed by atoms with Crippen LogP contribution in [0.15, 0.2) is 0 Å². The van der Waals surface area contributed by atoms with Crippen LogP contribution >= 0.6 is 0 Å². The van der Waals surface area contributed by atoms with Crippen LogP contribution in [0.5, 0.6) is 0 Å². The molecular weight excluding hydrogens is 80.0 g/mol. The van der Waals surface area contributed by atoms with E-state index in [2.05, 4.69) is 5.73 Å². The maximum absolute atomic E-state index is 9.59. The van der Waals surface area contributed by atoms with Crippen molar-refractivity contribution in [3.63, 3.8) is 0 Å². The van der Waals surface area contributed by atoms with Crippen molar-refractivity contribution >= 4 is 5.91 Å². The number of primary amides is 1. The lowest BCUT2D eigenvalue weighted by atomic mass is 10.5. The highest BCUT2D eigenvalue weighted by Crippen LogP contribution is 1.63. The van der Waals surface area contributed by atoms with E-state index in [1.165, 1.54) is 0 Å². The molecule has 0 spiro atoms. The van der Waals surface area contributed by atoms with E-state index in [4.69, 9.17) is 0 Å². The highest BCUT2D eigenvalue weighted by atomic mass is 16.1. The third-order valence-corrected chi connectivity index (χ3v) is 0.348. The first-order valence-corrected chi connectivity index (χ1v) is 1.55. The Morgan fingerprint density at radius 1 is 1.83 bits per heavy atom. The highest BCUT2D eigenvalue weighted by Gasteiger charge is 1.77. The lowest BCUT2D eigenvalue weighted by molar-refractivity contribution is -0.117. The second-order valence-electron chi connectivity index (χ2n) is 0.820. The topological polar surface area (TPSA) is 78.1 Å². The molecule has 0 fully saturated rings. The average Bonchev–Trinajstić information content (AvgIpc) is 1.38. The van der Waals surface area contributed by atoms with Gasteiger partial charge in [0.25, 0.3) is 0 Å². The molecule has 6 heavy (non-hydrogen) atoms. The van der Waals surface area contributed by atoms with Crippen molar-refractivity contribution in [2.45, 2.75) is 13.3 Å². The zero-order valence-corrected chi connectivity index (χ0v) is 3.90. The minimum atomic E-state index is -0.245. The van der Waals surface area contributed by atoms with Crippen LogP contribution in [0, 0.1) is 0 Å². The van der Waals surface area contributed by atoms with Crippen LogP contribution in [0.1, 0.15) is 13.3 Å². The van der Waals surface area contributed by atoms with Crippen molar-refractivity contribution in [1.82, 2.24) is 6.15 Å². The molecule has 0 saturated carbocycles. The van der Waals surface area contributed by atoms with Gasteiger partial charge in [-0.25, -0.2) is 0 Å². The quantitative estimate of drug-likeness (QED) is 0.477. The van der Waals surface area contributed by atoms with Gasteiger partial charge in [-0.1, -0.05) is 6.92 Å². The number of hydrogen-bond acceptors (Lipinski definition) is 2. The third kappa shape index (κ3) is 9.90. The largest absolute Gasteiger partial charge is 0.370 e. The number of carbonyl (C=O) groups is 1. The molecule has 0 aliphatic rings. The van der Waals surface area contributed by atoms with Crippen molar-refractivity contribution in [2.75, 3.05) is 0 Å². The minimum Gasteiger partial charge on any atom is -0.370 e. The average molecular weight is 90.1 g/mol. The summed E-state index contributed by atoms with van der Waals surface area (Å²) in [5.41, 5.74) is 4.65. The molecule has 0 bridgehead atoms. The Kier molecular flexibility index (Phi) is 6.69. The standard InChI is InChI=1S/C3H7NO.H3N/c1-2-3(4)5;/h2H2,1H3,(H2,4,5);1H3. The number of amides is 1. The van der Waals surface area contributed by atoms with E-state index in [-0.39, 0.29) is 12.1 Å². The van der Waals surface area contributed by atoms with E-state index in [0.717, 1.165) is 0 Å². The lowest BCUT2D eigenvalue weighted by Gasteiger charge is -1.73. The summed E-state index contributed by atoms with van der Waals surface area (Å²) in [6.45, 7) is 1.72. The van der Waals surface area contributed by atoms with E-state index in [9.17, 15) is 4.79 Å². The van der Waals surface area contributed by atoms with Crippen molar-refractivity contribution < 1.29 is 4.79 Å². The van der Waals surface area contributed by atoms with Gasteiger partial charge in [-0.2, -0.15) is 0 Å². The van der Waals surface area contributed by atoms with Gasteiger partial charge in [-0.15, -0.1) is 0 Å². The van der Waals surface area contributed by atoms with Crippen LogP contribution in [0.3, 0.4) is 0 Å². The molecule has 0 radical (unpaired) electrons. The van der Waals surface area contributed by atoms with Crippen molar-refractivity contribution in [1.29, 1.82) is 0 Å². The Hall–Kier alpha value is -0.570. The smallest absolute Gasteiger partial charge is 0.217 e. The van der Waals surface area contributed by atoms with Crippen LogP contribution in [-0.2, 0) is 4.79 Å². The fourth-order valence-electron chi connectivity index (χ4n) is 0. The molecule has 0 unspecified atom stereocenters. The summed E-state index contributed by atoms with van der Waals surface area (Å²) in [4.78, 5) is 9.59. The summed E-state index contributed by atoms with van der Waals surface area (Å²) in [6, 6.07) is 0. The molecule has 0 atom stereocenters. The Bertz CT molecular complexity index is 44.1. The van der Waals surface area contributed by atoms with Crippen LogP contribution in [0.2, 0.25) is 0 Å². The zero-order valence-electron chi connectivity index (χ0n) is 3.90. The maximum Gasteiger partial charge on any atom is 0.217 e. The Morgan fingerprint density at radius 2 is 2.00 bits per heavy atom. The molecule has 5 N–H and O–H groups in total. The van der Waals surface area contributed by atoms with E-state index < -0.39 is 0 Å². The summed E-state index contributed by atoms with van der Waals surface area (Å²) in [6.07, 6.45) is 0.444. The van der Waals surface area contributed by atoms with E-state index >= 15 is 0 Å². The first-order chi connectivity index (χ1) is 2.27. The molecule has 3 heteroatoms. The van der Waals surface area contributed by atoms with Crippen molar-refractivity contribution in [2.24, 2.45) is 5.73 Å². The lowest BCUT2D eigenvalue weighted by Crippen LogP contribution is -2.06. The number of nitrogens with two attached hydrogens (primary N) is 1. The molecule has 0 saturated heterocycles. The monoisotopic (exact) mass is 90.1 g/mol. The van der Waals surface area contributed by atoms with Gasteiger partial charge in [0, 0.05) is 6.42 Å². The first-order valence-electron chi connectivity index (χ1n) is 1.55. The van der Waals surface area contributed by atoms with Crippen LogP contribution < -0.4 is 11.9 Å². The fourth-order valence-corrected chi connectivity index (χ4v) is 0. The molecular formula is C3H10N2O. The molecule has 3 nitrogen and oxygen atoms in total. The Balaban J connectivity index is 0. The molecule has 0 aromatic rings. The van der Waals surface area contributed by atoms with Crippen molar-refractivity contribution in [3.05, 3.63) is 0 Å². The molecule has 38 valence electrons. The molecule has 0 aliphatic carbocycles. The van der Waals surface area contributed by atoms with Crippen LogP contribution in [0.25, 0.3) is 0 Å². The number of hydrogen-bond donors (Lipinski definition) is 2.